The summed E-state index contributed by atoms with van der Waals surface area (Å²) in [5, 5.41) is 7.22. The molecule has 0 unspecified atom stereocenters. The highest BCUT2D eigenvalue weighted by atomic mass is 35.5. The second-order valence-electron chi connectivity index (χ2n) is 7.35. The Morgan fingerprint density at radius 1 is 1.16 bits per heavy atom. The number of aryl methyl sites for hydroxylation is 2. The molecule has 1 amide bonds. The third-order valence-electron chi connectivity index (χ3n) is 5.01. The van der Waals surface area contributed by atoms with E-state index in [4.69, 9.17) is 20.8 Å². The molecule has 32 heavy (non-hydrogen) atoms. The number of hydrogen-bond acceptors (Lipinski definition) is 4. The van der Waals surface area contributed by atoms with Crippen molar-refractivity contribution in [2.75, 3.05) is 5.32 Å². The van der Waals surface area contributed by atoms with Gasteiger partial charge in [-0.15, -0.1) is 0 Å². The quantitative estimate of drug-likeness (QED) is 0.386. The number of nitrogens with one attached hydrogen (secondary N) is 1. The monoisotopic (exact) mass is 453 g/mol. The third-order valence-corrected chi connectivity index (χ3v) is 5.36. The van der Waals surface area contributed by atoms with Crippen LogP contribution in [0.15, 0.2) is 65.2 Å². The summed E-state index contributed by atoms with van der Waals surface area (Å²) in [6.07, 6.45) is 1.63. The Morgan fingerprint density at radius 3 is 2.78 bits per heavy atom. The van der Waals surface area contributed by atoms with E-state index >= 15 is 0 Å². The summed E-state index contributed by atoms with van der Waals surface area (Å²) < 4.78 is 26.8. The van der Waals surface area contributed by atoms with Crippen molar-refractivity contribution in [3.8, 4) is 5.75 Å². The van der Waals surface area contributed by atoms with Crippen LogP contribution in [0.1, 0.15) is 33.0 Å². The second kappa shape index (κ2) is 9.28. The minimum Gasteiger partial charge on any atom is -0.486 e. The molecule has 0 radical (unpaired) electrons. The van der Waals surface area contributed by atoms with Gasteiger partial charge in [0.15, 0.2) is 11.6 Å². The fraction of sp³-hybridized carbons (Fsp3) is 0.167. The molecule has 8 heteroatoms. The maximum Gasteiger partial charge on any atom is 0.292 e. The summed E-state index contributed by atoms with van der Waals surface area (Å²) in [5.74, 6) is 0.840. The maximum atomic E-state index is 14.0. The number of rotatable bonds is 7. The first-order chi connectivity index (χ1) is 15.4. The van der Waals surface area contributed by atoms with Gasteiger partial charge in [-0.3, -0.25) is 9.48 Å². The van der Waals surface area contributed by atoms with Crippen molar-refractivity contribution >= 4 is 23.3 Å². The standard InChI is InChI=1S/C24H21ClFN3O3/c1-15-6-7-17(12-16(15)2)31-14-18-8-9-22(32-18)24(30)27-23-10-11-29(28-23)13-19-20(25)4-3-5-21(19)26/h3-12H,13-14H2,1-2H3,(H,27,28,30). The molecule has 0 saturated carbocycles. The number of aromatic nitrogens is 2. The molecule has 2 heterocycles. The Balaban J connectivity index is 1.35. The van der Waals surface area contributed by atoms with Crippen LogP contribution in [0.3, 0.4) is 0 Å². The van der Waals surface area contributed by atoms with E-state index in [1.807, 2.05) is 32.0 Å². The van der Waals surface area contributed by atoms with E-state index in [0.717, 1.165) is 11.3 Å². The van der Waals surface area contributed by atoms with Crippen molar-refractivity contribution in [2.45, 2.75) is 27.0 Å². The topological polar surface area (TPSA) is 69.3 Å². The van der Waals surface area contributed by atoms with Crippen LogP contribution in [0.2, 0.25) is 5.02 Å². The van der Waals surface area contributed by atoms with Gasteiger partial charge in [0.2, 0.25) is 0 Å². The molecule has 0 atom stereocenters. The van der Waals surface area contributed by atoms with Gasteiger partial charge in [-0.2, -0.15) is 5.10 Å². The largest absolute Gasteiger partial charge is 0.486 e. The SMILES string of the molecule is Cc1ccc(OCc2ccc(C(=O)Nc3ccn(Cc4c(F)cccc4Cl)n3)o2)cc1C. The van der Waals surface area contributed by atoms with Gasteiger partial charge >= 0.3 is 0 Å². The molecule has 2 aromatic heterocycles. The lowest BCUT2D eigenvalue weighted by atomic mass is 10.1. The Kier molecular flexibility index (Phi) is 6.28. The van der Waals surface area contributed by atoms with E-state index in [1.54, 1.807) is 36.5 Å². The molecule has 4 aromatic rings. The van der Waals surface area contributed by atoms with Gasteiger partial charge in [0.25, 0.3) is 5.91 Å². The van der Waals surface area contributed by atoms with Crippen LogP contribution in [-0.2, 0) is 13.2 Å². The number of hydrogen-bond donors (Lipinski definition) is 1. The lowest BCUT2D eigenvalue weighted by Gasteiger charge is -2.07. The molecule has 2 aromatic carbocycles. The fourth-order valence-corrected chi connectivity index (χ4v) is 3.30. The van der Waals surface area contributed by atoms with Crippen LogP contribution < -0.4 is 10.1 Å². The van der Waals surface area contributed by atoms with E-state index in [0.29, 0.717) is 22.2 Å². The van der Waals surface area contributed by atoms with Gasteiger partial charge in [-0.25, -0.2) is 4.39 Å². The molecular formula is C24H21ClFN3O3. The number of carbonyl (C=O) groups is 1. The highest BCUT2D eigenvalue weighted by molar-refractivity contribution is 6.31. The summed E-state index contributed by atoms with van der Waals surface area (Å²) in [6, 6.07) is 15.2. The van der Waals surface area contributed by atoms with Crippen molar-refractivity contribution in [3.05, 3.63) is 99.8 Å². The van der Waals surface area contributed by atoms with Crippen molar-refractivity contribution in [1.82, 2.24) is 9.78 Å². The van der Waals surface area contributed by atoms with Crippen molar-refractivity contribution in [3.63, 3.8) is 0 Å². The minimum atomic E-state index is -0.448. The zero-order valence-electron chi connectivity index (χ0n) is 17.6. The molecule has 0 saturated heterocycles. The number of anilines is 1. The number of ether oxygens (including phenoxy) is 1. The fourth-order valence-electron chi connectivity index (χ4n) is 3.08. The Bertz CT molecular complexity index is 1240. The molecule has 0 fully saturated rings. The van der Waals surface area contributed by atoms with Gasteiger partial charge in [0, 0.05) is 22.8 Å². The molecular weight excluding hydrogens is 433 g/mol. The summed E-state index contributed by atoms with van der Waals surface area (Å²) in [6.45, 7) is 4.40. The molecule has 0 aliphatic heterocycles. The summed E-state index contributed by atoms with van der Waals surface area (Å²) in [4.78, 5) is 12.5. The zero-order chi connectivity index (χ0) is 22.7. The van der Waals surface area contributed by atoms with Crippen LogP contribution in [0.5, 0.6) is 5.75 Å². The lowest BCUT2D eigenvalue weighted by Crippen LogP contribution is -2.12. The van der Waals surface area contributed by atoms with Gasteiger partial charge in [-0.1, -0.05) is 23.7 Å². The summed E-state index contributed by atoms with van der Waals surface area (Å²) in [7, 11) is 0. The highest BCUT2D eigenvalue weighted by Crippen LogP contribution is 2.21. The van der Waals surface area contributed by atoms with Gasteiger partial charge in [0.05, 0.1) is 6.54 Å². The summed E-state index contributed by atoms with van der Waals surface area (Å²) >= 11 is 6.06. The minimum absolute atomic E-state index is 0.135. The Hall–Kier alpha value is -3.58. The van der Waals surface area contributed by atoms with Gasteiger partial charge in [0.1, 0.15) is 23.9 Å². The number of benzene rings is 2. The average molecular weight is 454 g/mol. The third kappa shape index (κ3) is 5.00. The number of nitrogens with zero attached hydrogens (tertiary/aromatic N) is 2. The number of furan rings is 1. The molecule has 0 spiro atoms. The van der Waals surface area contributed by atoms with Crippen LogP contribution in [-0.4, -0.2) is 15.7 Å². The van der Waals surface area contributed by atoms with E-state index in [-0.39, 0.29) is 18.9 Å². The van der Waals surface area contributed by atoms with E-state index in [1.165, 1.54) is 16.3 Å². The predicted octanol–water partition coefficient (Wildman–Crippen LogP) is 5.77. The van der Waals surface area contributed by atoms with Crippen LogP contribution >= 0.6 is 11.6 Å². The normalized spacial score (nSPS) is 10.9. The molecule has 4 rings (SSSR count). The van der Waals surface area contributed by atoms with Crippen molar-refractivity contribution < 1.29 is 18.3 Å². The predicted molar refractivity (Wildman–Crippen MR) is 120 cm³/mol. The van der Waals surface area contributed by atoms with E-state index in [2.05, 4.69) is 10.4 Å². The van der Waals surface area contributed by atoms with Crippen molar-refractivity contribution in [1.29, 1.82) is 0 Å². The number of amides is 1. The molecule has 1 N–H and O–H groups in total. The Labute approximate surface area is 189 Å². The van der Waals surface area contributed by atoms with Crippen molar-refractivity contribution in [2.24, 2.45) is 0 Å². The number of carbonyl (C=O) groups excluding carboxylic acids is 1. The van der Waals surface area contributed by atoms with Gasteiger partial charge in [-0.05, 0) is 61.4 Å². The smallest absolute Gasteiger partial charge is 0.292 e. The van der Waals surface area contributed by atoms with Crippen LogP contribution in [0, 0.1) is 19.7 Å². The molecule has 0 aliphatic carbocycles. The maximum absolute atomic E-state index is 14.0. The molecule has 6 nitrogen and oxygen atoms in total. The second-order valence-corrected chi connectivity index (χ2v) is 7.76. The van der Waals surface area contributed by atoms with E-state index < -0.39 is 11.7 Å². The van der Waals surface area contributed by atoms with Crippen LogP contribution in [0.4, 0.5) is 10.2 Å². The zero-order valence-corrected chi connectivity index (χ0v) is 18.3. The first kappa shape index (κ1) is 21.6. The summed E-state index contributed by atoms with van der Waals surface area (Å²) in [5.41, 5.74) is 2.65. The van der Waals surface area contributed by atoms with Crippen LogP contribution in [0.25, 0.3) is 0 Å². The Morgan fingerprint density at radius 2 is 2.00 bits per heavy atom. The average Bonchev–Trinajstić information content (AvgIpc) is 3.41. The highest BCUT2D eigenvalue weighted by Gasteiger charge is 2.14. The van der Waals surface area contributed by atoms with Gasteiger partial charge < -0.3 is 14.5 Å². The first-order valence-electron chi connectivity index (χ1n) is 9.95. The number of halogens is 2. The van der Waals surface area contributed by atoms with E-state index in [9.17, 15) is 9.18 Å². The lowest BCUT2D eigenvalue weighted by molar-refractivity contribution is 0.0992. The molecule has 0 aliphatic rings. The molecule has 164 valence electrons. The molecule has 0 bridgehead atoms. The first-order valence-corrected chi connectivity index (χ1v) is 10.3.